The SMILES string of the molecule is Cc1nc(-c2cc[nH]c(=O)c2)c(-c2ccccc2)[nH]1.Cc1nc2c3cc[nH]c(=O)c3c3ccccc3c2[nH]1. The highest BCUT2D eigenvalue weighted by molar-refractivity contribution is 6.22. The summed E-state index contributed by atoms with van der Waals surface area (Å²) in [6, 6.07) is 23.2. The van der Waals surface area contributed by atoms with Gasteiger partial charge in [0.2, 0.25) is 5.56 Å². The largest absolute Gasteiger partial charge is 0.342 e. The molecule has 0 spiro atoms. The van der Waals surface area contributed by atoms with E-state index in [4.69, 9.17) is 0 Å². The van der Waals surface area contributed by atoms with Crippen LogP contribution in [0, 0.1) is 13.8 Å². The summed E-state index contributed by atoms with van der Waals surface area (Å²) in [5, 5.41) is 3.58. The topological polar surface area (TPSA) is 123 Å². The molecule has 4 aromatic heterocycles. The molecule has 0 aliphatic rings. The Bertz CT molecular complexity index is 2050. The Morgan fingerprint density at radius 2 is 1.37 bits per heavy atom. The molecule has 0 aliphatic carbocycles. The van der Waals surface area contributed by atoms with Crippen LogP contribution >= 0.6 is 0 Å². The highest BCUT2D eigenvalue weighted by Gasteiger charge is 2.14. The molecule has 4 N–H and O–H groups in total. The van der Waals surface area contributed by atoms with Crippen molar-refractivity contribution in [1.82, 2.24) is 29.9 Å². The van der Waals surface area contributed by atoms with Crippen LogP contribution in [-0.4, -0.2) is 29.9 Å². The van der Waals surface area contributed by atoms with E-state index in [-0.39, 0.29) is 11.1 Å². The van der Waals surface area contributed by atoms with Gasteiger partial charge in [-0.05, 0) is 31.4 Å². The predicted molar refractivity (Wildman–Crippen MR) is 151 cm³/mol. The highest BCUT2D eigenvalue weighted by atomic mass is 16.1. The lowest BCUT2D eigenvalue weighted by molar-refractivity contribution is 1.15. The fraction of sp³-hybridized carbons (Fsp3) is 0.0667. The van der Waals surface area contributed by atoms with Crippen molar-refractivity contribution in [1.29, 1.82) is 0 Å². The van der Waals surface area contributed by atoms with Crippen molar-refractivity contribution in [3.63, 3.8) is 0 Å². The number of hydrogen-bond acceptors (Lipinski definition) is 4. The van der Waals surface area contributed by atoms with E-state index in [1.54, 1.807) is 18.5 Å². The molecule has 38 heavy (non-hydrogen) atoms. The van der Waals surface area contributed by atoms with Gasteiger partial charge < -0.3 is 19.9 Å². The molecule has 8 heteroatoms. The zero-order valence-electron chi connectivity index (χ0n) is 20.8. The molecule has 7 rings (SSSR count). The third-order valence-corrected chi connectivity index (χ3v) is 6.44. The van der Waals surface area contributed by atoms with Crippen molar-refractivity contribution >= 4 is 32.6 Å². The number of nitrogens with zero attached hydrogens (tertiary/aromatic N) is 2. The summed E-state index contributed by atoms with van der Waals surface area (Å²) in [6.45, 7) is 3.83. The Hall–Kier alpha value is -5.24. The number of aryl methyl sites for hydroxylation is 2. The standard InChI is InChI=1S/C15H11N3O.C15H13N3O/c1-8-17-13-10-5-3-2-4-9(10)12-11(14(13)18-8)6-7-16-15(12)19;1-10-17-14(11-5-3-2-4-6-11)15(18-10)12-7-8-16-13(19)9-12/h2-7H,1H3,(H,16,19)(H,17,18);2-9H,1H3,(H,16,19)(H,17,18). The summed E-state index contributed by atoms with van der Waals surface area (Å²) in [5.41, 5.74) is 5.25. The Kier molecular flexibility index (Phi) is 5.69. The molecule has 7 aromatic rings. The predicted octanol–water partition coefficient (Wildman–Crippen LogP) is 5.61. The molecular formula is C30H24N6O2. The van der Waals surface area contributed by atoms with E-state index in [9.17, 15) is 9.59 Å². The van der Waals surface area contributed by atoms with Crippen LogP contribution < -0.4 is 11.1 Å². The lowest BCUT2D eigenvalue weighted by Gasteiger charge is -2.04. The van der Waals surface area contributed by atoms with Gasteiger partial charge in [0.05, 0.1) is 27.8 Å². The van der Waals surface area contributed by atoms with Gasteiger partial charge in [-0.15, -0.1) is 0 Å². The van der Waals surface area contributed by atoms with Crippen LogP contribution in [0.1, 0.15) is 11.6 Å². The number of pyridine rings is 2. The van der Waals surface area contributed by atoms with Crippen molar-refractivity contribution in [3.05, 3.63) is 118 Å². The van der Waals surface area contributed by atoms with Crippen molar-refractivity contribution in [2.45, 2.75) is 13.8 Å². The van der Waals surface area contributed by atoms with Crippen molar-refractivity contribution in [3.8, 4) is 22.5 Å². The lowest BCUT2D eigenvalue weighted by atomic mass is 10.0. The minimum absolute atomic E-state index is 0.0729. The van der Waals surface area contributed by atoms with Crippen molar-refractivity contribution in [2.75, 3.05) is 0 Å². The molecule has 4 heterocycles. The van der Waals surface area contributed by atoms with Gasteiger partial charge in [0.15, 0.2) is 0 Å². The molecule has 8 nitrogen and oxygen atoms in total. The van der Waals surface area contributed by atoms with E-state index in [0.29, 0.717) is 5.39 Å². The number of benzene rings is 3. The molecule has 0 saturated carbocycles. The average molecular weight is 501 g/mol. The summed E-state index contributed by atoms with van der Waals surface area (Å²) in [4.78, 5) is 44.5. The molecule has 3 aromatic carbocycles. The molecule has 0 bridgehead atoms. The summed E-state index contributed by atoms with van der Waals surface area (Å²) in [6.07, 6.45) is 3.30. The Labute approximate surface area is 216 Å². The van der Waals surface area contributed by atoms with E-state index in [2.05, 4.69) is 29.9 Å². The molecule has 0 fully saturated rings. The van der Waals surface area contributed by atoms with E-state index < -0.39 is 0 Å². The number of imidazole rings is 2. The average Bonchev–Trinajstić information content (AvgIpc) is 3.52. The highest BCUT2D eigenvalue weighted by Crippen LogP contribution is 2.31. The summed E-state index contributed by atoms with van der Waals surface area (Å²) in [7, 11) is 0. The van der Waals surface area contributed by atoms with Crippen LogP contribution in [0.3, 0.4) is 0 Å². The van der Waals surface area contributed by atoms with Crippen LogP contribution in [0.2, 0.25) is 0 Å². The molecule has 0 amide bonds. The van der Waals surface area contributed by atoms with Gasteiger partial charge >= 0.3 is 0 Å². The zero-order chi connectivity index (χ0) is 26.2. The first-order chi connectivity index (χ1) is 18.5. The Morgan fingerprint density at radius 1 is 0.658 bits per heavy atom. The van der Waals surface area contributed by atoms with Gasteiger partial charge in [-0.2, -0.15) is 0 Å². The molecule has 186 valence electrons. The van der Waals surface area contributed by atoms with Gasteiger partial charge in [0.25, 0.3) is 5.56 Å². The van der Waals surface area contributed by atoms with Crippen LogP contribution in [0.15, 0.2) is 94.8 Å². The fourth-order valence-corrected chi connectivity index (χ4v) is 4.85. The number of fused-ring (bicyclic) bond motifs is 6. The normalized spacial score (nSPS) is 11.1. The second-order valence-electron chi connectivity index (χ2n) is 9.04. The minimum atomic E-state index is -0.128. The quantitative estimate of drug-likeness (QED) is 0.231. The number of aromatic amines is 4. The van der Waals surface area contributed by atoms with E-state index in [0.717, 1.165) is 61.4 Å². The van der Waals surface area contributed by atoms with Crippen molar-refractivity contribution in [2.24, 2.45) is 0 Å². The second-order valence-corrected chi connectivity index (χ2v) is 9.04. The van der Waals surface area contributed by atoms with E-state index >= 15 is 0 Å². The molecule has 0 unspecified atom stereocenters. The van der Waals surface area contributed by atoms with Crippen LogP contribution in [0.25, 0.3) is 55.1 Å². The van der Waals surface area contributed by atoms with Crippen LogP contribution in [0.4, 0.5) is 0 Å². The Morgan fingerprint density at radius 3 is 2.16 bits per heavy atom. The van der Waals surface area contributed by atoms with Gasteiger partial charge in [0, 0.05) is 40.4 Å². The summed E-state index contributed by atoms with van der Waals surface area (Å²) in [5.74, 6) is 1.68. The summed E-state index contributed by atoms with van der Waals surface area (Å²) >= 11 is 0. The van der Waals surface area contributed by atoms with Gasteiger partial charge in [0.1, 0.15) is 11.6 Å². The Balaban J connectivity index is 0.000000139. The van der Waals surface area contributed by atoms with Gasteiger partial charge in [-0.1, -0.05) is 54.6 Å². The maximum absolute atomic E-state index is 12.1. The maximum Gasteiger partial charge on any atom is 0.256 e. The van der Waals surface area contributed by atoms with Crippen LogP contribution in [0.5, 0.6) is 0 Å². The number of nitrogens with one attached hydrogen (secondary N) is 4. The molecule has 0 saturated heterocycles. The lowest BCUT2D eigenvalue weighted by Crippen LogP contribution is -2.05. The number of hydrogen-bond donors (Lipinski definition) is 4. The fourth-order valence-electron chi connectivity index (χ4n) is 4.85. The van der Waals surface area contributed by atoms with E-state index in [1.807, 2.05) is 80.6 Å². The first kappa shape index (κ1) is 23.2. The molecule has 0 radical (unpaired) electrons. The first-order valence-electron chi connectivity index (χ1n) is 12.2. The monoisotopic (exact) mass is 500 g/mol. The number of aromatic nitrogens is 6. The molecule has 0 atom stereocenters. The molecular weight excluding hydrogens is 476 g/mol. The number of rotatable bonds is 2. The maximum atomic E-state index is 12.1. The smallest absolute Gasteiger partial charge is 0.256 e. The van der Waals surface area contributed by atoms with Gasteiger partial charge in [-0.3, -0.25) is 9.59 Å². The number of H-pyrrole nitrogens is 4. The first-order valence-corrected chi connectivity index (χ1v) is 12.2. The minimum Gasteiger partial charge on any atom is -0.342 e. The molecule has 0 aliphatic heterocycles. The summed E-state index contributed by atoms with van der Waals surface area (Å²) < 4.78 is 0. The van der Waals surface area contributed by atoms with Crippen molar-refractivity contribution < 1.29 is 0 Å². The third kappa shape index (κ3) is 4.08. The third-order valence-electron chi connectivity index (χ3n) is 6.44. The van der Waals surface area contributed by atoms with Gasteiger partial charge in [-0.25, -0.2) is 9.97 Å². The second kappa shape index (κ2) is 9.33. The zero-order valence-corrected chi connectivity index (χ0v) is 20.8. The van der Waals surface area contributed by atoms with E-state index in [1.165, 1.54) is 0 Å². The van der Waals surface area contributed by atoms with Crippen LogP contribution in [-0.2, 0) is 0 Å².